The summed E-state index contributed by atoms with van der Waals surface area (Å²) in [6, 6.07) is 0.208. The number of hydrogen-bond acceptors (Lipinski definition) is 3. The first-order chi connectivity index (χ1) is 6.53. The molecular weight excluding hydrogens is 198 g/mol. The normalized spacial score (nSPS) is 27.7. The predicted molar refractivity (Wildman–Crippen MR) is 59.1 cm³/mol. The summed E-state index contributed by atoms with van der Waals surface area (Å²) in [7, 11) is -2.72. The quantitative estimate of drug-likeness (QED) is 0.756. The summed E-state index contributed by atoms with van der Waals surface area (Å²) >= 11 is 0. The van der Waals surface area contributed by atoms with Crippen LogP contribution in [0.3, 0.4) is 0 Å². The van der Waals surface area contributed by atoms with E-state index in [0.717, 1.165) is 13.0 Å². The molecule has 4 heteroatoms. The lowest BCUT2D eigenvalue weighted by molar-refractivity contribution is 0.440. The van der Waals surface area contributed by atoms with Crippen molar-refractivity contribution in [3.8, 4) is 0 Å². The van der Waals surface area contributed by atoms with Crippen molar-refractivity contribution >= 4 is 9.84 Å². The van der Waals surface area contributed by atoms with Crippen molar-refractivity contribution in [1.29, 1.82) is 0 Å². The molecule has 1 saturated heterocycles. The Hall–Kier alpha value is -0.0900. The molecule has 1 aliphatic heterocycles. The van der Waals surface area contributed by atoms with Gasteiger partial charge < -0.3 is 5.32 Å². The van der Waals surface area contributed by atoms with Gasteiger partial charge in [0.15, 0.2) is 9.84 Å². The Labute approximate surface area is 87.2 Å². The van der Waals surface area contributed by atoms with Crippen LogP contribution in [0.1, 0.15) is 33.1 Å². The van der Waals surface area contributed by atoms with E-state index in [-0.39, 0.29) is 6.04 Å². The topological polar surface area (TPSA) is 46.2 Å². The van der Waals surface area contributed by atoms with Gasteiger partial charge in [0.2, 0.25) is 0 Å². The third-order valence-electron chi connectivity index (χ3n) is 2.77. The van der Waals surface area contributed by atoms with E-state index in [4.69, 9.17) is 0 Å². The average Bonchev–Trinajstić information content (AvgIpc) is 2.43. The van der Waals surface area contributed by atoms with E-state index in [9.17, 15) is 8.42 Å². The second-order valence-electron chi connectivity index (χ2n) is 4.40. The molecule has 1 rings (SSSR count). The monoisotopic (exact) mass is 219 g/mol. The van der Waals surface area contributed by atoms with Gasteiger partial charge in [-0.2, -0.15) is 0 Å². The molecule has 0 aliphatic carbocycles. The van der Waals surface area contributed by atoms with Crippen LogP contribution in [0.2, 0.25) is 0 Å². The van der Waals surface area contributed by atoms with Gasteiger partial charge in [-0.1, -0.05) is 20.3 Å². The van der Waals surface area contributed by atoms with Gasteiger partial charge in [-0.25, -0.2) is 8.42 Å². The van der Waals surface area contributed by atoms with E-state index >= 15 is 0 Å². The Morgan fingerprint density at radius 3 is 2.71 bits per heavy atom. The maximum Gasteiger partial charge on any atom is 0.151 e. The standard InChI is InChI=1S/C10H21NO2S/c1-3-4-9(2)7-11-10-5-6-14(12,13)8-10/h9-11H,3-8H2,1-2H3/t9-,10+/m0/s1. The van der Waals surface area contributed by atoms with Crippen molar-refractivity contribution < 1.29 is 8.42 Å². The molecule has 0 radical (unpaired) electrons. The smallest absolute Gasteiger partial charge is 0.151 e. The van der Waals surface area contributed by atoms with Crippen LogP contribution in [-0.4, -0.2) is 32.5 Å². The largest absolute Gasteiger partial charge is 0.313 e. The molecule has 84 valence electrons. The van der Waals surface area contributed by atoms with Gasteiger partial charge in [0.25, 0.3) is 0 Å². The Kier molecular flexibility index (Phi) is 4.38. The minimum absolute atomic E-state index is 0.208. The summed E-state index contributed by atoms with van der Waals surface area (Å²) in [5.41, 5.74) is 0. The zero-order valence-electron chi connectivity index (χ0n) is 9.12. The average molecular weight is 219 g/mol. The third-order valence-corrected chi connectivity index (χ3v) is 4.54. The van der Waals surface area contributed by atoms with Crippen molar-refractivity contribution in [3.05, 3.63) is 0 Å². The van der Waals surface area contributed by atoms with Crippen molar-refractivity contribution in [2.75, 3.05) is 18.1 Å². The van der Waals surface area contributed by atoms with Crippen molar-refractivity contribution in [2.45, 2.75) is 39.2 Å². The van der Waals surface area contributed by atoms with Crippen LogP contribution in [0, 0.1) is 5.92 Å². The maximum atomic E-state index is 11.2. The minimum atomic E-state index is -2.72. The summed E-state index contributed by atoms with van der Waals surface area (Å²) in [5, 5.41) is 3.34. The molecule has 0 bridgehead atoms. The van der Waals surface area contributed by atoms with Gasteiger partial charge in [-0.05, 0) is 25.3 Å². The molecule has 0 unspecified atom stereocenters. The second kappa shape index (κ2) is 5.12. The molecule has 0 aromatic rings. The van der Waals surface area contributed by atoms with Crippen LogP contribution < -0.4 is 5.32 Å². The minimum Gasteiger partial charge on any atom is -0.313 e. The molecule has 0 aromatic heterocycles. The first-order valence-corrected chi connectivity index (χ1v) is 7.29. The number of nitrogens with one attached hydrogen (secondary N) is 1. The van der Waals surface area contributed by atoms with Gasteiger partial charge >= 0.3 is 0 Å². The molecular formula is C10H21NO2S. The number of rotatable bonds is 5. The number of sulfone groups is 1. The van der Waals surface area contributed by atoms with E-state index in [1.54, 1.807) is 0 Å². The van der Waals surface area contributed by atoms with Crippen LogP contribution in [0.25, 0.3) is 0 Å². The fourth-order valence-electron chi connectivity index (χ4n) is 1.92. The third kappa shape index (κ3) is 3.96. The molecule has 1 N–H and O–H groups in total. The van der Waals surface area contributed by atoms with Crippen LogP contribution >= 0.6 is 0 Å². The summed E-state index contributed by atoms with van der Waals surface area (Å²) in [6.07, 6.45) is 3.21. The molecule has 0 spiro atoms. The van der Waals surface area contributed by atoms with Crippen molar-refractivity contribution in [2.24, 2.45) is 5.92 Å². The zero-order chi connectivity index (χ0) is 10.6. The molecule has 3 nitrogen and oxygen atoms in total. The fraction of sp³-hybridized carbons (Fsp3) is 1.00. The van der Waals surface area contributed by atoms with Crippen LogP contribution in [0.4, 0.5) is 0 Å². The van der Waals surface area contributed by atoms with E-state index in [0.29, 0.717) is 17.4 Å². The van der Waals surface area contributed by atoms with Gasteiger partial charge in [-0.15, -0.1) is 0 Å². The zero-order valence-corrected chi connectivity index (χ0v) is 9.94. The highest BCUT2D eigenvalue weighted by atomic mass is 32.2. The summed E-state index contributed by atoms with van der Waals surface area (Å²) in [5.74, 6) is 1.36. The van der Waals surface area contributed by atoms with E-state index in [1.807, 2.05) is 0 Å². The van der Waals surface area contributed by atoms with Gasteiger partial charge in [0.05, 0.1) is 11.5 Å². The Balaban J connectivity index is 2.20. The molecule has 1 aliphatic rings. The number of hydrogen-bond donors (Lipinski definition) is 1. The molecule has 14 heavy (non-hydrogen) atoms. The van der Waals surface area contributed by atoms with E-state index in [1.165, 1.54) is 12.8 Å². The molecule has 0 saturated carbocycles. The van der Waals surface area contributed by atoms with Crippen molar-refractivity contribution in [1.82, 2.24) is 5.32 Å². The van der Waals surface area contributed by atoms with Crippen molar-refractivity contribution in [3.63, 3.8) is 0 Å². The first-order valence-electron chi connectivity index (χ1n) is 5.47. The van der Waals surface area contributed by atoms with Gasteiger partial charge in [0.1, 0.15) is 0 Å². The van der Waals surface area contributed by atoms with Crippen LogP contribution in [-0.2, 0) is 9.84 Å². The maximum absolute atomic E-state index is 11.2. The second-order valence-corrected chi connectivity index (χ2v) is 6.63. The molecule has 1 heterocycles. The first kappa shape index (κ1) is 12.0. The van der Waals surface area contributed by atoms with Crippen LogP contribution in [0.15, 0.2) is 0 Å². The molecule has 2 atom stereocenters. The summed E-state index contributed by atoms with van der Waals surface area (Å²) in [6.45, 7) is 5.34. The highest BCUT2D eigenvalue weighted by molar-refractivity contribution is 7.91. The Morgan fingerprint density at radius 1 is 1.50 bits per heavy atom. The molecule has 0 aromatic carbocycles. The van der Waals surface area contributed by atoms with E-state index in [2.05, 4.69) is 19.2 Å². The predicted octanol–water partition coefficient (Wildman–Crippen LogP) is 1.20. The van der Waals surface area contributed by atoms with Gasteiger partial charge in [0, 0.05) is 6.04 Å². The Bertz CT molecular complexity index is 261. The Morgan fingerprint density at radius 2 is 2.21 bits per heavy atom. The van der Waals surface area contributed by atoms with Crippen LogP contribution in [0.5, 0.6) is 0 Å². The lowest BCUT2D eigenvalue weighted by Gasteiger charge is -2.15. The summed E-state index contributed by atoms with van der Waals surface area (Å²) in [4.78, 5) is 0. The lowest BCUT2D eigenvalue weighted by atomic mass is 10.1. The van der Waals surface area contributed by atoms with E-state index < -0.39 is 9.84 Å². The highest BCUT2D eigenvalue weighted by Gasteiger charge is 2.27. The van der Waals surface area contributed by atoms with Gasteiger partial charge in [-0.3, -0.25) is 0 Å². The highest BCUT2D eigenvalue weighted by Crippen LogP contribution is 2.12. The SMILES string of the molecule is CCC[C@H](C)CN[C@@H]1CCS(=O)(=O)C1. The summed E-state index contributed by atoms with van der Waals surface area (Å²) < 4.78 is 22.3. The molecule has 1 fully saturated rings. The lowest BCUT2D eigenvalue weighted by Crippen LogP contribution is -2.33. The fourth-order valence-corrected chi connectivity index (χ4v) is 3.63. The molecule has 0 amide bonds.